The van der Waals surface area contributed by atoms with E-state index in [2.05, 4.69) is 0 Å². The molecule has 0 fully saturated rings. The van der Waals surface area contributed by atoms with E-state index in [1.807, 2.05) is 85.8 Å². The lowest BCUT2D eigenvalue weighted by atomic mass is 9.70. The van der Waals surface area contributed by atoms with Crippen LogP contribution in [-0.2, 0) is 15.0 Å². The van der Waals surface area contributed by atoms with Gasteiger partial charge in [0.2, 0.25) is 0 Å². The van der Waals surface area contributed by atoms with Crippen LogP contribution in [-0.4, -0.2) is 16.9 Å². The van der Waals surface area contributed by atoms with Gasteiger partial charge >= 0.3 is 5.97 Å². The van der Waals surface area contributed by atoms with Crippen LogP contribution in [0.3, 0.4) is 0 Å². The van der Waals surface area contributed by atoms with E-state index in [1.165, 1.54) is 5.56 Å². The van der Waals surface area contributed by atoms with Crippen LogP contribution in [0, 0.1) is 6.92 Å². The fourth-order valence-corrected chi connectivity index (χ4v) is 3.91. The lowest BCUT2D eigenvalue weighted by molar-refractivity contribution is -0.137. The second-order valence-electron chi connectivity index (χ2n) is 8.11. The van der Waals surface area contributed by atoms with Crippen molar-refractivity contribution in [3.05, 3.63) is 118 Å². The molecule has 0 aromatic heterocycles. The zero-order valence-electron chi connectivity index (χ0n) is 18.6. The zero-order chi connectivity index (χ0) is 23.7. The van der Waals surface area contributed by atoms with Gasteiger partial charge in [-0.15, -0.1) is 0 Å². The van der Waals surface area contributed by atoms with Crippen LogP contribution in [0.15, 0.2) is 91.0 Å². The fraction of sp³-hybridized carbons (Fsp3) is 0.172. The van der Waals surface area contributed by atoms with Gasteiger partial charge in [-0.2, -0.15) is 0 Å². The Hall–Kier alpha value is -3.43. The van der Waals surface area contributed by atoms with Gasteiger partial charge in [-0.05, 0) is 54.7 Å². The van der Waals surface area contributed by atoms with Crippen molar-refractivity contribution in [1.82, 2.24) is 0 Å². The predicted molar refractivity (Wildman–Crippen MR) is 135 cm³/mol. The largest absolute Gasteiger partial charge is 0.481 e. The van der Waals surface area contributed by atoms with Crippen molar-refractivity contribution in [3.63, 3.8) is 0 Å². The number of benzene rings is 3. The highest BCUT2D eigenvalue weighted by Crippen LogP contribution is 2.36. The minimum Gasteiger partial charge on any atom is -0.481 e. The SMILES string of the molecule is Cc1ccc(/C=C/CC(CCC(=O)O)(C(=O)C=Cc2ccc(Cl)cc2)c2ccccc2)cc1. The monoisotopic (exact) mass is 458 g/mol. The second-order valence-corrected chi connectivity index (χ2v) is 8.54. The summed E-state index contributed by atoms with van der Waals surface area (Å²) < 4.78 is 0. The van der Waals surface area contributed by atoms with Crippen molar-refractivity contribution in [2.45, 2.75) is 31.6 Å². The molecule has 3 rings (SSSR count). The van der Waals surface area contributed by atoms with Crippen molar-refractivity contribution in [2.75, 3.05) is 0 Å². The Balaban J connectivity index is 1.97. The Morgan fingerprint density at radius 1 is 0.879 bits per heavy atom. The van der Waals surface area contributed by atoms with Gasteiger partial charge in [0.25, 0.3) is 0 Å². The number of carboxylic acid groups (broad SMARTS) is 1. The molecule has 0 amide bonds. The molecule has 0 radical (unpaired) electrons. The van der Waals surface area contributed by atoms with Crippen LogP contribution in [0.5, 0.6) is 0 Å². The third kappa shape index (κ3) is 6.77. The molecular formula is C29H27ClO3. The van der Waals surface area contributed by atoms with Gasteiger partial charge in [0, 0.05) is 11.4 Å². The van der Waals surface area contributed by atoms with Gasteiger partial charge in [-0.3, -0.25) is 9.59 Å². The summed E-state index contributed by atoms with van der Waals surface area (Å²) in [5.74, 6) is -1.05. The maximum atomic E-state index is 13.7. The van der Waals surface area contributed by atoms with Gasteiger partial charge in [-0.1, -0.05) is 102 Å². The lowest BCUT2D eigenvalue weighted by Gasteiger charge is -2.31. The van der Waals surface area contributed by atoms with Crippen molar-refractivity contribution in [2.24, 2.45) is 0 Å². The first-order chi connectivity index (χ1) is 15.9. The number of hydrogen-bond acceptors (Lipinski definition) is 2. The normalized spacial score (nSPS) is 13.3. The third-order valence-electron chi connectivity index (χ3n) is 5.71. The molecule has 0 saturated carbocycles. The third-order valence-corrected chi connectivity index (χ3v) is 5.97. The van der Waals surface area contributed by atoms with Crippen molar-refractivity contribution >= 4 is 35.5 Å². The van der Waals surface area contributed by atoms with Gasteiger partial charge < -0.3 is 5.11 Å². The quantitative estimate of drug-likeness (QED) is 0.328. The molecule has 0 saturated heterocycles. The molecule has 168 valence electrons. The standard InChI is InChI=1S/C29H27ClO3/c1-22-9-11-23(12-10-22)6-5-20-29(21-19-28(32)33,25-7-3-2-4-8-25)27(31)18-15-24-13-16-26(30)17-14-24/h2-18H,19-21H2,1H3,(H,32,33)/b6-5+,18-15?. The number of halogens is 1. The van der Waals surface area contributed by atoms with Gasteiger partial charge in [0.15, 0.2) is 5.78 Å². The fourth-order valence-electron chi connectivity index (χ4n) is 3.79. The van der Waals surface area contributed by atoms with E-state index >= 15 is 0 Å². The number of carbonyl (C=O) groups excluding carboxylic acids is 1. The van der Waals surface area contributed by atoms with Gasteiger partial charge in [0.05, 0.1) is 5.41 Å². The summed E-state index contributed by atoms with van der Waals surface area (Å²) in [7, 11) is 0. The number of carbonyl (C=O) groups is 2. The van der Waals surface area contributed by atoms with Crippen LogP contribution in [0.2, 0.25) is 5.02 Å². The number of carboxylic acids is 1. The first kappa shape index (κ1) is 24.2. The second kappa shape index (κ2) is 11.4. The summed E-state index contributed by atoms with van der Waals surface area (Å²) in [5, 5.41) is 10.0. The van der Waals surface area contributed by atoms with Crippen molar-refractivity contribution < 1.29 is 14.7 Å². The molecule has 0 bridgehead atoms. The van der Waals surface area contributed by atoms with Crippen LogP contribution >= 0.6 is 11.6 Å². The summed E-state index contributed by atoms with van der Waals surface area (Å²) in [6.45, 7) is 2.03. The average molecular weight is 459 g/mol. The summed E-state index contributed by atoms with van der Waals surface area (Å²) in [4.78, 5) is 25.1. The molecule has 3 nitrogen and oxygen atoms in total. The van der Waals surface area contributed by atoms with Crippen molar-refractivity contribution in [1.29, 1.82) is 0 Å². The number of rotatable bonds is 10. The van der Waals surface area contributed by atoms with E-state index in [0.29, 0.717) is 11.4 Å². The number of aryl methyl sites for hydroxylation is 1. The van der Waals surface area contributed by atoms with Crippen LogP contribution in [0.4, 0.5) is 0 Å². The Bertz CT molecular complexity index is 1130. The highest BCUT2D eigenvalue weighted by Gasteiger charge is 2.37. The molecule has 33 heavy (non-hydrogen) atoms. The first-order valence-electron chi connectivity index (χ1n) is 10.9. The number of allylic oxidation sites excluding steroid dienone is 2. The van der Waals surface area contributed by atoms with Gasteiger partial charge in [0.1, 0.15) is 0 Å². The Labute approximate surface area is 200 Å². The lowest BCUT2D eigenvalue weighted by Crippen LogP contribution is -2.35. The summed E-state index contributed by atoms with van der Waals surface area (Å²) in [6, 6.07) is 24.8. The van der Waals surface area contributed by atoms with E-state index in [9.17, 15) is 14.7 Å². The van der Waals surface area contributed by atoms with E-state index in [1.54, 1.807) is 24.3 Å². The number of hydrogen-bond donors (Lipinski definition) is 1. The Morgan fingerprint density at radius 3 is 2.12 bits per heavy atom. The molecule has 0 aliphatic carbocycles. The smallest absolute Gasteiger partial charge is 0.303 e. The molecule has 3 aromatic rings. The average Bonchev–Trinajstić information content (AvgIpc) is 2.82. The van der Waals surface area contributed by atoms with E-state index in [-0.39, 0.29) is 18.6 Å². The summed E-state index contributed by atoms with van der Waals surface area (Å²) >= 11 is 5.96. The Kier molecular flexibility index (Phi) is 8.39. The first-order valence-corrected chi connectivity index (χ1v) is 11.3. The highest BCUT2D eigenvalue weighted by atomic mass is 35.5. The molecule has 0 aliphatic rings. The zero-order valence-corrected chi connectivity index (χ0v) is 19.3. The van der Waals surface area contributed by atoms with E-state index in [0.717, 1.165) is 16.7 Å². The van der Waals surface area contributed by atoms with E-state index in [4.69, 9.17) is 11.6 Å². The molecule has 0 heterocycles. The van der Waals surface area contributed by atoms with Crippen LogP contribution in [0.25, 0.3) is 12.2 Å². The van der Waals surface area contributed by atoms with E-state index < -0.39 is 11.4 Å². The minimum atomic E-state index is -0.982. The molecule has 3 aromatic carbocycles. The maximum absolute atomic E-state index is 13.7. The molecule has 1 unspecified atom stereocenters. The topological polar surface area (TPSA) is 54.4 Å². The number of ketones is 1. The molecule has 0 aliphatic heterocycles. The van der Waals surface area contributed by atoms with Crippen molar-refractivity contribution in [3.8, 4) is 0 Å². The Morgan fingerprint density at radius 2 is 1.48 bits per heavy atom. The van der Waals surface area contributed by atoms with Gasteiger partial charge in [-0.25, -0.2) is 0 Å². The van der Waals surface area contributed by atoms with Crippen LogP contribution < -0.4 is 0 Å². The molecule has 1 atom stereocenters. The molecular weight excluding hydrogens is 432 g/mol. The summed E-state index contributed by atoms with van der Waals surface area (Å²) in [6.07, 6.45) is 7.74. The number of aliphatic carboxylic acids is 1. The summed E-state index contributed by atoms with van der Waals surface area (Å²) in [5.41, 5.74) is 2.89. The molecule has 1 N–H and O–H groups in total. The maximum Gasteiger partial charge on any atom is 0.303 e. The predicted octanol–water partition coefficient (Wildman–Crippen LogP) is 7.14. The highest BCUT2D eigenvalue weighted by molar-refractivity contribution is 6.30. The van der Waals surface area contributed by atoms with Crippen LogP contribution in [0.1, 0.15) is 41.5 Å². The minimum absolute atomic E-state index is 0.103. The molecule has 0 spiro atoms. The molecule has 4 heteroatoms.